The molecular formula is C8H15NO5S2. The molecule has 2 rings (SSSR count). The maximum absolute atomic E-state index is 12.0. The summed E-state index contributed by atoms with van der Waals surface area (Å²) in [5.41, 5.74) is 0. The minimum Gasteiger partial charge on any atom is -0.391 e. The fraction of sp³-hybridized carbons (Fsp3) is 1.00. The van der Waals surface area contributed by atoms with Crippen molar-refractivity contribution < 1.29 is 21.9 Å². The van der Waals surface area contributed by atoms with E-state index in [2.05, 4.69) is 0 Å². The van der Waals surface area contributed by atoms with Crippen LogP contribution in [0.15, 0.2) is 0 Å². The lowest BCUT2D eigenvalue weighted by Crippen LogP contribution is -2.42. The molecule has 0 aromatic rings. The monoisotopic (exact) mass is 269 g/mol. The number of sulfone groups is 1. The Labute approximate surface area is 95.2 Å². The van der Waals surface area contributed by atoms with Crippen molar-refractivity contribution in [1.29, 1.82) is 0 Å². The van der Waals surface area contributed by atoms with E-state index in [-0.39, 0.29) is 0 Å². The van der Waals surface area contributed by atoms with E-state index >= 15 is 0 Å². The fourth-order valence-electron chi connectivity index (χ4n) is 2.22. The quantitative estimate of drug-likeness (QED) is 0.663. The Bertz CT molecular complexity index is 463. The van der Waals surface area contributed by atoms with Crippen LogP contribution in [-0.2, 0) is 19.9 Å². The summed E-state index contributed by atoms with van der Waals surface area (Å²) in [7, 11) is -7.07. The van der Waals surface area contributed by atoms with E-state index in [1.54, 1.807) is 0 Å². The van der Waals surface area contributed by atoms with E-state index in [1.807, 2.05) is 0 Å². The van der Waals surface area contributed by atoms with Gasteiger partial charge >= 0.3 is 0 Å². The standard InChI is InChI=1S/C8H15NO5S2/c10-7-5-15(11,12)6-8(7)16(13,14)9-3-1-2-4-9/h7-8,10H,1-6H2/t7-,8-/m1/s1. The molecule has 0 spiro atoms. The van der Waals surface area contributed by atoms with E-state index in [4.69, 9.17) is 0 Å². The summed E-state index contributed by atoms with van der Waals surface area (Å²) in [4.78, 5) is 0. The number of sulfonamides is 1. The van der Waals surface area contributed by atoms with Crippen LogP contribution in [0.25, 0.3) is 0 Å². The second-order valence-corrected chi connectivity index (χ2v) is 8.64. The van der Waals surface area contributed by atoms with Gasteiger partial charge in [-0.1, -0.05) is 0 Å². The van der Waals surface area contributed by atoms with Gasteiger partial charge in [-0.15, -0.1) is 0 Å². The lowest BCUT2D eigenvalue weighted by molar-refractivity contribution is 0.201. The maximum Gasteiger partial charge on any atom is 0.220 e. The van der Waals surface area contributed by atoms with E-state index in [1.165, 1.54) is 4.31 Å². The minimum absolute atomic E-state index is 0.436. The topological polar surface area (TPSA) is 91.7 Å². The molecule has 2 aliphatic rings. The second kappa shape index (κ2) is 3.94. The summed E-state index contributed by atoms with van der Waals surface area (Å²) in [6.07, 6.45) is 0.319. The first-order chi connectivity index (χ1) is 7.33. The summed E-state index contributed by atoms with van der Waals surface area (Å²) in [6.45, 7) is 0.872. The van der Waals surface area contributed by atoms with Crippen LogP contribution >= 0.6 is 0 Å². The van der Waals surface area contributed by atoms with Crippen LogP contribution in [0, 0.1) is 0 Å². The van der Waals surface area contributed by atoms with Gasteiger partial charge in [0.15, 0.2) is 9.84 Å². The van der Waals surface area contributed by atoms with Gasteiger partial charge in [-0.25, -0.2) is 21.1 Å². The smallest absolute Gasteiger partial charge is 0.220 e. The molecule has 16 heavy (non-hydrogen) atoms. The highest BCUT2D eigenvalue weighted by Gasteiger charge is 2.47. The Morgan fingerprint density at radius 1 is 1.12 bits per heavy atom. The van der Waals surface area contributed by atoms with Gasteiger partial charge in [0, 0.05) is 13.1 Å². The van der Waals surface area contributed by atoms with E-state index < -0.39 is 42.7 Å². The Hall–Kier alpha value is -0.180. The first-order valence-corrected chi connectivity index (χ1v) is 8.53. The van der Waals surface area contributed by atoms with Crippen LogP contribution in [0.3, 0.4) is 0 Å². The first kappa shape index (κ1) is 12.3. The molecule has 6 nitrogen and oxygen atoms in total. The van der Waals surface area contributed by atoms with Crippen LogP contribution in [0.1, 0.15) is 12.8 Å². The Kier molecular flexibility index (Phi) is 3.02. The lowest BCUT2D eigenvalue weighted by Gasteiger charge is -2.21. The molecule has 0 aliphatic carbocycles. The molecule has 2 aliphatic heterocycles. The number of aliphatic hydroxyl groups excluding tert-OH is 1. The highest BCUT2D eigenvalue weighted by molar-refractivity contribution is 7.95. The summed E-state index contributed by atoms with van der Waals surface area (Å²) >= 11 is 0. The van der Waals surface area contributed by atoms with Gasteiger partial charge in [-0.2, -0.15) is 0 Å². The van der Waals surface area contributed by atoms with Gasteiger partial charge in [-0.3, -0.25) is 0 Å². The molecule has 2 fully saturated rings. The molecule has 0 saturated carbocycles. The normalized spacial score (nSPS) is 35.6. The highest BCUT2D eigenvalue weighted by atomic mass is 32.2. The van der Waals surface area contributed by atoms with Crippen molar-refractivity contribution in [1.82, 2.24) is 4.31 Å². The largest absolute Gasteiger partial charge is 0.391 e. The van der Waals surface area contributed by atoms with Crippen LogP contribution < -0.4 is 0 Å². The van der Waals surface area contributed by atoms with Gasteiger partial charge in [-0.05, 0) is 12.8 Å². The maximum atomic E-state index is 12.0. The van der Waals surface area contributed by atoms with Crippen molar-refractivity contribution in [3.8, 4) is 0 Å². The minimum atomic E-state index is -3.65. The fourth-order valence-corrected chi connectivity index (χ4v) is 6.90. The van der Waals surface area contributed by atoms with E-state index in [0.717, 1.165) is 12.8 Å². The van der Waals surface area contributed by atoms with Gasteiger partial charge in [0.1, 0.15) is 5.25 Å². The van der Waals surface area contributed by atoms with Crippen molar-refractivity contribution in [3.05, 3.63) is 0 Å². The van der Waals surface area contributed by atoms with Gasteiger partial charge in [0.25, 0.3) is 0 Å². The van der Waals surface area contributed by atoms with Gasteiger partial charge in [0.2, 0.25) is 10.0 Å². The number of hydrogen-bond acceptors (Lipinski definition) is 5. The van der Waals surface area contributed by atoms with Gasteiger partial charge in [0.05, 0.1) is 17.6 Å². The molecule has 0 radical (unpaired) electrons. The van der Waals surface area contributed by atoms with Crippen LogP contribution in [0.5, 0.6) is 0 Å². The predicted octanol–water partition coefficient (Wildman–Crippen LogP) is -1.43. The molecule has 0 aromatic heterocycles. The number of hydrogen-bond donors (Lipinski definition) is 1. The predicted molar refractivity (Wildman–Crippen MR) is 58.2 cm³/mol. The highest BCUT2D eigenvalue weighted by Crippen LogP contribution is 2.25. The van der Waals surface area contributed by atoms with Gasteiger partial charge < -0.3 is 5.11 Å². The third-order valence-corrected chi connectivity index (χ3v) is 7.34. The summed E-state index contributed by atoms with van der Waals surface area (Å²) in [5.74, 6) is -0.891. The molecule has 0 amide bonds. The third-order valence-electron chi connectivity index (χ3n) is 3.08. The van der Waals surface area contributed by atoms with Crippen molar-refractivity contribution in [2.75, 3.05) is 24.6 Å². The van der Waals surface area contributed by atoms with Crippen LogP contribution in [0.2, 0.25) is 0 Å². The molecule has 94 valence electrons. The average molecular weight is 269 g/mol. The van der Waals surface area contributed by atoms with Crippen LogP contribution in [0.4, 0.5) is 0 Å². The third kappa shape index (κ3) is 2.11. The van der Waals surface area contributed by atoms with Crippen molar-refractivity contribution in [2.24, 2.45) is 0 Å². The number of rotatable bonds is 2. The first-order valence-electron chi connectivity index (χ1n) is 5.20. The lowest BCUT2D eigenvalue weighted by atomic mass is 10.3. The van der Waals surface area contributed by atoms with Crippen molar-refractivity contribution >= 4 is 19.9 Å². The molecular weight excluding hydrogens is 254 g/mol. The van der Waals surface area contributed by atoms with Crippen molar-refractivity contribution in [2.45, 2.75) is 24.2 Å². The molecule has 0 bridgehead atoms. The van der Waals surface area contributed by atoms with E-state index in [9.17, 15) is 21.9 Å². The SMILES string of the molecule is O=S1(=O)C[C@@H](O)[C@H](S(=O)(=O)N2CCCC2)C1. The van der Waals surface area contributed by atoms with Crippen molar-refractivity contribution in [3.63, 3.8) is 0 Å². The molecule has 2 saturated heterocycles. The zero-order valence-corrected chi connectivity index (χ0v) is 10.4. The number of nitrogens with zero attached hydrogens (tertiary/aromatic N) is 1. The average Bonchev–Trinajstić information content (AvgIpc) is 2.72. The summed E-state index contributed by atoms with van der Waals surface area (Å²) in [6, 6.07) is 0. The zero-order valence-electron chi connectivity index (χ0n) is 8.74. The second-order valence-electron chi connectivity index (χ2n) is 4.33. The zero-order chi connectivity index (χ0) is 12.0. The molecule has 2 heterocycles. The molecule has 1 N–H and O–H groups in total. The number of aliphatic hydroxyl groups is 1. The summed E-state index contributed by atoms with van der Waals surface area (Å²) in [5, 5.41) is 8.36. The molecule has 0 unspecified atom stereocenters. The Morgan fingerprint density at radius 2 is 1.69 bits per heavy atom. The van der Waals surface area contributed by atoms with Crippen LogP contribution in [-0.4, -0.2) is 62.2 Å². The Balaban J connectivity index is 2.24. The summed E-state index contributed by atoms with van der Waals surface area (Å²) < 4.78 is 47.9. The molecule has 0 aromatic carbocycles. The Morgan fingerprint density at radius 3 is 2.12 bits per heavy atom. The molecule has 2 atom stereocenters. The molecule has 8 heteroatoms. The van der Waals surface area contributed by atoms with E-state index in [0.29, 0.717) is 13.1 Å².